The van der Waals surface area contributed by atoms with E-state index in [9.17, 15) is 0 Å². The van der Waals surface area contributed by atoms with Gasteiger partial charge in [-0.3, -0.25) is 0 Å². The topological polar surface area (TPSA) is 52.0 Å². The molecule has 0 saturated heterocycles. The van der Waals surface area contributed by atoms with Crippen LogP contribution in [0.25, 0.3) is 0 Å². The molecule has 0 fully saturated rings. The van der Waals surface area contributed by atoms with E-state index in [2.05, 4.69) is 72.8 Å². The lowest BCUT2D eigenvalue weighted by molar-refractivity contribution is 0.448. The van der Waals surface area contributed by atoms with Gasteiger partial charge >= 0.3 is 0 Å². The fraction of sp³-hybridized carbons (Fsp3) is 0.182. The first-order chi connectivity index (χ1) is 11.6. The summed E-state index contributed by atoms with van der Waals surface area (Å²) < 4.78 is 0. The van der Waals surface area contributed by atoms with Crippen LogP contribution < -0.4 is 11.5 Å². The number of hydrogen-bond acceptors (Lipinski definition) is 2. The molecule has 0 bridgehead atoms. The zero-order chi connectivity index (χ0) is 17.0. The van der Waals surface area contributed by atoms with Gasteiger partial charge in [0.1, 0.15) is 0 Å². The molecule has 3 aromatic carbocycles. The molecule has 0 heterocycles. The molecule has 3 aromatic rings. The molecular weight excluding hydrogens is 292 g/mol. The zero-order valence-corrected chi connectivity index (χ0v) is 14.0. The number of benzene rings is 3. The minimum Gasteiger partial charge on any atom is -0.310 e. The quantitative estimate of drug-likeness (QED) is 0.543. The summed E-state index contributed by atoms with van der Waals surface area (Å²) in [6.07, 6.45) is 0.702. The fourth-order valence-corrected chi connectivity index (χ4v) is 3.06. The molecule has 0 aliphatic carbocycles. The molecular formula is C22H24N2. The smallest absolute Gasteiger partial charge is 0.0896 e. The lowest BCUT2D eigenvalue weighted by Crippen LogP contribution is -2.45. The van der Waals surface area contributed by atoms with Crippen molar-refractivity contribution >= 4 is 0 Å². The van der Waals surface area contributed by atoms with Crippen molar-refractivity contribution in [2.24, 2.45) is 11.5 Å². The molecule has 0 amide bonds. The Bertz CT molecular complexity index is 723. The van der Waals surface area contributed by atoms with Crippen LogP contribution in [0.1, 0.15) is 41.5 Å². The van der Waals surface area contributed by atoms with Crippen LogP contribution in [0.3, 0.4) is 0 Å². The molecule has 0 aliphatic rings. The second-order valence-corrected chi connectivity index (χ2v) is 6.27. The van der Waals surface area contributed by atoms with E-state index in [4.69, 9.17) is 11.5 Å². The second-order valence-electron chi connectivity index (χ2n) is 6.27. The van der Waals surface area contributed by atoms with Crippen molar-refractivity contribution < 1.29 is 0 Å². The molecule has 2 heteroatoms. The summed E-state index contributed by atoms with van der Waals surface area (Å²) in [4.78, 5) is 0. The molecule has 0 atom stereocenters. The van der Waals surface area contributed by atoms with Gasteiger partial charge in [0.15, 0.2) is 0 Å². The second kappa shape index (κ2) is 7.00. The van der Waals surface area contributed by atoms with Gasteiger partial charge in [-0.15, -0.1) is 0 Å². The molecule has 0 unspecified atom stereocenters. The Morgan fingerprint density at radius 2 is 1.08 bits per heavy atom. The zero-order valence-electron chi connectivity index (χ0n) is 14.0. The van der Waals surface area contributed by atoms with Gasteiger partial charge in [0.2, 0.25) is 0 Å². The van der Waals surface area contributed by atoms with Gasteiger partial charge in [0, 0.05) is 5.92 Å². The van der Waals surface area contributed by atoms with Gasteiger partial charge in [-0.25, -0.2) is 0 Å². The highest BCUT2D eigenvalue weighted by Gasteiger charge is 2.21. The third-order valence-electron chi connectivity index (χ3n) is 4.63. The Morgan fingerprint density at radius 3 is 1.50 bits per heavy atom. The highest BCUT2D eigenvalue weighted by Crippen LogP contribution is 2.32. The largest absolute Gasteiger partial charge is 0.310 e. The SMILES string of the molecule is CCC(N)(N)c1ccc(C(c2ccccc2)c2ccccc2)cc1. The van der Waals surface area contributed by atoms with Crippen LogP contribution in [-0.4, -0.2) is 0 Å². The molecule has 0 radical (unpaired) electrons. The van der Waals surface area contributed by atoms with Crippen LogP contribution in [0.2, 0.25) is 0 Å². The Labute approximate surface area is 144 Å². The van der Waals surface area contributed by atoms with Crippen LogP contribution in [-0.2, 0) is 5.66 Å². The van der Waals surface area contributed by atoms with Crippen molar-refractivity contribution in [1.82, 2.24) is 0 Å². The Hall–Kier alpha value is -2.42. The van der Waals surface area contributed by atoms with Crippen LogP contribution in [0.4, 0.5) is 0 Å². The molecule has 0 spiro atoms. The highest BCUT2D eigenvalue weighted by atomic mass is 14.9. The average molecular weight is 316 g/mol. The minimum atomic E-state index is -0.770. The Balaban J connectivity index is 2.04. The highest BCUT2D eigenvalue weighted by molar-refractivity contribution is 5.44. The summed E-state index contributed by atoms with van der Waals surface area (Å²) in [5.41, 5.74) is 16.3. The molecule has 4 N–H and O–H groups in total. The molecule has 0 aliphatic heterocycles. The van der Waals surface area contributed by atoms with E-state index in [1.807, 2.05) is 19.1 Å². The predicted octanol–water partition coefficient (Wildman–Crippen LogP) is 4.35. The number of rotatable bonds is 5. The third-order valence-corrected chi connectivity index (χ3v) is 4.63. The third kappa shape index (κ3) is 3.40. The van der Waals surface area contributed by atoms with E-state index in [-0.39, 0.29) is 5.92 Å². The summed E-state index contributed by atoms with van der Waals surface area (Å²) >= 11 is 0. The predicted molar refractivity (Wildman–Crippen MR) is 101 cm³/mol. The van der Waals surface area contributed by atoms with Crippen molar-refractivity contribution in [3.05, 3.63) is 107 Å². The summed E-state index contributed by atoms with van der Waals surface area (Å²) in [5.74, 6) is 0.202. The maximum Gasteiger partial charge on any atom is 0.0896 e. The van der Waals surface area contributed by atoms with Crippen LogP contribution in [0.15, 0.2) is 84.9 Å². The van der Waals surface area contributed by atoms with E-state index in [0.29, 0.717) is 6.42 Å². The normalized spacial score (nSPS) is 11.7. The van der Waals surface area contributed by atoms with Crippen LogP contribution >= 0.6 is 0 Å². The first-order valence-corrected chi connectivity index (χ1v) is 8.40. The van der Waals surface area contributed by atoms with E-state index in [0.717, 1.165) is 5.56 Å². The molecule has 3 rings (SSSR count). The van der Waals surface area contributed by atoms with Crippen molar-refractivity contribution in [1.29, 1.82) is 0 Å². The van der Waals surface area contributed by atoms with Crippen molar-refractivity contribution in [2.45, 2.75) is 24.9 Å². The van der Waals surface area contributed by atoms with E-state index in [1.54, 1.807) is 0 Å². The standard InChI is InChI=1S/C22H24N2/c1-2-22(23,24)20-15-13-19(14-16-20)21(17-9-5-3-6-10-17)18-11-7-4-8-12-18/h3-16,21H,2,23-24H2,1H3. The first kappa shape index (κ1) is 16.4. The van der Waals surface area contributed by atoms with Gasteiger partial charge in [0.05, 0.1) is 5.66 Å². The van der Waals surface area contributed by atoms with Crippen molar-refractivity contribution in [3.63, 3.8) is 0 Å². The molecule has 2 nitrogen and oxygen atoms in total. The Morgan fingerprint density at radius 1 is 0.667 bits per heavy atom. The maximum atomic E-state index is 6.16. The van der Waals surface area contributed by atoms with Crippen LogP contribution in [0.5, 0.6) is 0 Å². The first-order valence-electron chi connectivity index (χ1n) is 8.40. The molecule has 0 aromatic heterocycles. The Kier molecular flexibility index (Phi) is 4.79. The van der Waals surface area contributed by atoms with E-state index >= 15 is 0 Å². The summed E-state index contributed by atoms with van der Waals surface area (Å²) in [6, 6.07) is 29.5. The summed E-state index contributed by atoms with van der Waals surface area (Å²) in [7, 11) is 0. The number of hydrogen-bond donors (Lipinski definition) is 2. The lowest BCUT2D eigenvalue weighted by Gasteiger charge is -2.25. The molecule has 24 heavy (non-hydrogen) atoms. The van der Waals surface area contributed by atoms with Crippen molar-refractivity contribution in [2.75, 3.05) is 0 Å². The van der Waals surface area contributed by atoms with Gasteiger partial charge in [-0.2, -0.15) is 0 Å². The number of nitrogens with two attached hydrogens (primary N) is 2. The van der Waals surface area contributed by atoms with E-state index in [1.165, 1.54) is 16.7 Å². The summed E-state index contributed by atoms with van der Waals surface area (Å²) in [6.45, 7) is 2.00. The fourth-order valence-electron chi connectivity index (χ4n) is 3.06. The van der Waals surface area contributed by atoms with Gasteiger partial charge in [-0.05, 0) is 28.7 Å². The summed E-state index contributed by atoms with van der Waals surface area (Å²) in [5, 5.41) is 0. The molecule has 0 saturated carbocycles. The minimum absolute atomic E-state index is 0.202. The van der Waals surface area contributed by atoms with Gasteiger partial charge < -0.3 is 11.5 Å². The lowest BCUT2D eigenvalue weighted by atomic mass is 9.84. The van der Waals surface area contributed by atoms with E-state index < -0.39 is 5.66 Å². The van der Waals surface area contributed by atoms with Crippen molar-refractivity contribution in [3.8, 4) is 0 Å². The average Bonchev–Trinajstić information content (AvgIpc) is 2.64. The monoisotopic (exact) mass is 316 g/mol. The van der Waals surface area contributed by atoms with Crippen LogP contribution in [0, 0.1) is 0 Å². The van der Waals surface area contributed by atoms with Gasteiger partial charge in [-0.1, -0.05) is 91.9 Å². The van der Waals surface area contributed by atoms with Gasteiger partial charge in [0.25, 0.3) is 0 Å². The molecule has 122 valence electrons. The maximum absolute atomic E-state index is 6.16.